The summed E-state index contributed by atoms with van der Waals surface area (Å²) in [6.45, 7) is 6.99. The molecule has 0 aliphatic carbocycles. The van der Waals surface area contributed by atoms with Gasteiger partial charge < -0.3 is 15.7 Å². The van der Waals surface area contributed by atoms with Crippen molar-refractivity contribution < 1.29 is 5.11 Å². The minimum atomic E-state index is -0.0729. The summed E-state index contributed by atoms with van der Waals surface area (Å²) in [5.41, 5.74) is 5.62. The van der Waals surface area contributed by atoms with Crippen LogP contribution in [0.15, 0.2) is 17.3 Å². The van der Waals surface area contributed by atoms with Crippen LogP contribution in [0.2, 0.25) is 0 Å². The number of hydrogen-bond acceptors (Lipinski definition) is 4. The molecule has 0 saturated heterocycles. The number of rotatable bonds is 3. The summed E-state index contributed by atoms with van der Waals surface area (Å²) in [5.74, 6) is 0.676. The molecule has 12 heavy (non-hydrogen) atoms. The monoisotopic (exact) mass is 169 g/mol. The van der Waals surface area contributed by atoms with Crippen molar-refractivity contribution in [3.05, 3.63) is 12.3 Å². The zero-order valence-electron chi connectivity index (χ0n) is 7.32. The Hall–Kier alpha value is -1.19. The Balaban J connectivity index is 2.66. The molecule has 1 atom stereocenters. The van der Waals surface area contributed by atoms with Gasteiger partial charge in [0.25, 0.3) is 0 Å². The van der Waals surface area contributed by atoms with Crippen LogP contribution in [0.3, 0.4) is 0 Å². The van der Waals surface area contributed by atoms with Gasteiger partial charge in [-0.15, -0.1) is 0 Å². The molecule has 4 nitrogen and oxygen atoms in total. The predicted molar refractivity (Wildman–Crippen MR) is 49.0 cm³/mol. The maximum absolute atomic E-state index is 9.24. The Kier molecular flexibility index (Phi) is 2.58. The molecule has 3 N–H and O–H groups in total. The van der Waals surface area contributed by atoms with Crippen LogP contribution in [0.1, 0.15) is 13.3 Å². The van der Waals surface area contributed by atoms with E-state index in [2.05, 4.69) is 11.6 Å². The molecule has 1 aliphatic rings. The van der Waals surface area contributed by atoms with E-state index < -0.39 is 0 Å². The van der Waals surface area contributed by atoms with Crippen molar-refractivity contribution in [3.8, 4) is 0 Å². The first-order chi connectivity index (χ1) is 5.66. The molecule has 1 unspecified atom stereocenters. The van der Waals surface area contributed by atoms with E-state index in [1.807, 2.05) is 11.8 Å². The molecule has 0 bridgehead atoms. The third-order valence-electron chi connectivity index (χ3n) is 2.06. The third kappa shape index (κ3) is 1.52. The van der Waals surface area contributed by atoms with Crippen LogP contribution in [0.25, 0.3) is 0 Å². The summed E-state index contributed by atoms with van der Waals surface area (Å²) < 4.78 is 0. The van der Waals surface area contributed by atoms with Crippen LogP contribution in [0.5, 0.6) is 0 Å². The molecular formula is C8H15N3O. The van der Waals surface area contributed by atoms with Crippen molar-refractivity contribution in [2.24, 2.45) is 10.7 Å². The van der Waals surface area contributed by atoms with Gasteiger partial charge in [0.1, 0.15) is 5.76 Å². The summed E-state index contributed by atoms with van der Waals surface area (Å²) in [6, 6.07) is -0.0729. The lowest BCUT2D eigenvalue weighted by atomic mass is 10.2. The van der Waals surface area contributed by atoms with Crippen LogP contribution in [0.4, 0.5) is 0 Å². The number of nitrogens with zero attached hydrogens (tertiary/aromatic N) is 2. The van der Waals surface area contributed by atoms with Gasteiger partial charge in [0.05, 0.1) is 12.6 Å². The second-order valence-corrected chi connectivity index (χ2v) is 2.85. The Morgan fingerprint density at radius 2 is 2.58 bits per heavy atom. The van der Waals surface area contributed by atoms with Crippen molar-refractivity contribution in [1.29, 1.82) is 0 Å². The molecule has 0 fully saturated rings. The highest BCUT2D eigenvalue weighted by Gasteiger charge is 2.23. The highest BCUT2D eigenvalue weighted by molar-refractivity contribution is 5.80. The largest absolute Gasteiger partial charge is 0.511 e. The molecule has 0 radical (unpaired) electrons. The van der Waals surface area contributed by atoms with Crippen LogP contribution >= 0.6 is 0 Å². The quantitative estimate of drug-likeness (QED) is 0.603. The second kappa shape index (κ2) is 3.47. The van der Waals surface area contributed by atoms with Crippen molar-refractivity contribution in [2.75, 3.05) is 13.1 Å². The predicted octanol–water partition coefficient (Wildman–Crippen LogP) is 0.467. The minimum absolute atomic E-state index is 0.0729. The average molecular weight is 169 g/mol. The molecule has 4 heteroatoms. The molecule has 68 valence electrons. The Bertz CT molecular complexity index is 212. The Morgan fingerprint density at radius 1 is 1.92 bits per heavy atom. The summed E-state index contributed by atoms with van der Waals surface area (Å²) in [6.07, 6.45) is 0.797. The summed E-state index contributed by atoms with van der Waals surface area (Å²) in [4.78, 5) is 5.91. The Morgan fingerprint density at radius 3 is 2.92 bits per heavy atom. The molecule has 1 rings (SSSR count). The smallest absolute Gasteiger partial charge is 0.192 e. The minimum Gasteiger partial charge on any atom is -0.511 e. The van der Waals surface area contributed by atoms with Gasteiger partial charge in [-0.3, -0.25) is 4.99 Å². The number of aliphatic hydroxyl groups excluding tert-OH is 1. The van der Waals surface area contributed by atoms with Gasteiger partial charge in [-0.2, -0.15) is 0 Å². The van der Waals surface area contributed by atoms with Crippen LogP contribution in [-0.2, 0) is 0 Å². The van der Waals surface area contributed by atoms with E-state index in [1.54, 1.807) is 0 Å². The number of aliphatic imine (C=N–C) groups is 1. The lowest BCUT2D eigenvalue weighted by Gasteiger charge is -2.26. The van der Waals surface area contributed by atoms with E-state index >= 15 is 0 Å². The van der Waals surface area contributed by atoms with Gasteiger partial charge in [-0.1, -0.05) is 13.5 Å². The third-order valence-corrected chi connectivity index (χ3v) is 2.06. The van der Waals surface area contributed by atoms with Gasteiger partial charge in [0.2, 0.25) is 0 Å². The first kappa shape index (κ1) is 8.90. The first-order valence-corrected chi connectivity index (χ1v) is 4.11. The van der Waals surface area contributed by atoms with Crippen LogP contribution < -0.4 is 5.73 Å². The molecule has 0 aromatic heterocycles. The fourth-order valence-corrected chi connectivity index (χ4v) is 1.43. The molecule has 1 aliphatic heterocycles. The van der Waals surface area contributed by atoms with Crippen molar-refractivity contribution >= 4 is 5.96 Å². The van der Waals surface area contributed by atoms with E-state index in [9.17, 15) is 5.11 Å². The van der Waals surface area contributed by atoms with Crippen molar-refractivity contribution in [1.82, 2.24) is 4.90 Å². The van der Waals surface area contributed by atoms with Gasteiger partial charge in [0.15, 0.2) is 5.96 Å². The topological polar surface area (TPSA) is 61.8 Å². The molecule has 0 spiro atoms. The zero-order chi connectivity index (χ0) is 9.14. The number of guanidine groups is 1. The van der Waals surface area contributed by atoms with E-state index in [-0.39, 0.29) is 11.8 Å². The average Bonchev–Trinajstić information content (AvgIpc) is 2.38. The molecule has 0 aromatic rings. The zero-order valence-corrected chi connectivity index (χ0v) is 7.32. The van der Waals surface area contributed by atoms with Gasteiger partial charge in [-0.05, 0) is 6.42 Å². The molecule has 0 aromatic carbocycles. The summed E-state index contributed by atoms with van der Waals surface area (Å²) >= 11 is 0. The number of nitrogens with two attached hydrogens (primary N) is 1. The summed E-state index contributed by atoms with van der Waals surface area (Å²) in [5, 5.41) is 9.24. The number of aliphatic hydroxyl groups is 1. The summed E-state index contributed by atoms with van der Waals surface area (Å²) in [7, 11) is 0. The van der Waals surface area contributed by atoms with Gasteiger partial charge >= 0.3 is 0 Å². The molecule has 0 amide bonds. The standard InChI is InChI=1S/C8H15N3O/c1-3-7(6(2)12)11-5-4-10-8(11)9/h7,12H,2-5H2,1H3,(H2,9,10). The fraction of sp³-hybridized carbons (Fsp3) is 0.625. The second-order valence-electron chi connectivity index (χ2n) is 2.85. The highest BCUT2D eigenvalue weighted by Crippen LogP contribution is 2.13. The van der Waals surface area contributed by atoms with Gasteiger partial charge in [0, 0.05) is 6.54 Å². The molecule has 1 heterocycles. The first-order valence-electron chi connectivity index (χ1n) is 4.11. The number of hydrogen-bond donors (Lipinski definition) is 2. The van der Waals surface area contributed by atoms with E-state index in [0.717, 1.165) is 19.5 Å². The molecule has 0 saturated carbocycles. The van der Waals surface area contributed by atoms with E-state index in [1.165, 1.54) is 0 Å². The van der Waals surface area contributed by atoms with E-state index in [4.69, 9.17) is 5.73 Å². The maximum atomic E-state index is 9.24. The van der Waals surface area contributed by atoms with Crippen molar-refractivity contribution in [3.63, 3.8) is 0 Å². The Labute approximate surface area is 72.4 Å². The van der Waals surface area contributed by atoms with Gasteiger partial charge in [-0.25, -0.2) is 0 Å². The van der Waals surface area contributed by atoms with Crippen LogP contribution in [0, 0.1) is 0 Å². The molecular weight excluding hydrogens is 154 g/mol. The normalized spacial score (nSPS) is 19.1. The lowest BCUT2D eigenvalue weighted by Crippen LogP contribution is -2.42. The fourth-order valence-electron chi connectivity index (χ4n) is 1.43. The van der Waals surface area contributed by atoms with Crippen molar-refractivity contribution in [2.45, 2.75) is 19.4 Å². The SMILES string of the molecule is C=C(O)C(CC)N1CCN=C1N. The van der Waals surface area contributed by atoms with E-state index in [0.29, 0.717) is 5.96 Å². The lowest BCUT2D eigenvalue weighted by molar-refractivity contribution is 0.262. The van der Waals surface area contributed by atoms with Crippen LogP contribution in [-0.4, -0.2) is 35.1 Å². The maximum Gasteiger partial charge on any atom is 0.192 e. The highest BCUT2D eigenvalue weighted by atomic mass is 16.3.